The normalized spacial score (nSPS) is 11.8. The van der Waals surface area contributed by atoms with Gasteiger partial charge >= 0.3 is 0 Å². The Kier molecular flexibility index (Phi) is 6.05. The number of hydrogen-bond donors (Lipinski definition) is 1. The third-order valence-electron chi connectivity index (χ3n) is 3.83. The van der Waals surface area contributed by atoms with Crippen molar-refractivity contribution in [1.29, 1.82) is 0 Å². The van der Waals surface area contributed by atoms with Crippen molar-refractivity contribution in [3.05, 3.63) is 64.2 Å². The van der Waals surface area contributed by atoms with E-state index in [0.29, 0.717) is 23.7 Å². The maximum atomic E-state index is 12.3. The number of halogens is 1. The molecule has 0 aromatic heterocycles. The highest BCUT2D eigenvalue weighted by Crippen LogP contribution is 2.19. The summed E-state index contributed by atoms with van der Waals surface area (Å²) in [5, 5.41) is 3.54. The van der Waals surface area contributed by atoms with Crippen LogP contribution in [0.3, 0.4) is 0 Å². The smallest absolute Gasteiger partial charge is 0.261 e. The van der Waals surface area contributed by atoms with Crippen LogP contribution in [0, 0.1) is 13.8 Å². The van der Waals surface area contributed by atoms with Gasteiger partial charge in [0, 0.05) is 11.6 Å². The zero-order valence-corrected chi connectivity index (χ0v) is 14.5. The molecule has 1 atom stereocenters. The Labute approximate surface area is 142 Å². The van der Waals surface area contributed by atoms with Gasteiger partial charge in [0.15, 0.2) is 6.10 Å². The van der Waals surface area contributed by atoms with E-state index in [1.807, 2.05) is 63.2 Å². The van der Waals surface area contributed by atoms with E-state index >= 15 is 0 Å². The predicted octanol–water partition coefficient (Wildman–Crippen LogP) is 4.43. The second-order valence-corrected chi connectivity index (χ2v) is 5.98. The van der Waals surface area contributed by atoms with Crippen LogP contribution < -0.4 is 10.1 Å². The van der Waals surface area contributed by atoms with Crippen LogP contribution in [0.4, 0.5) is 0 Å². The molecule has 0 spiro atoms. The van der Waals surface area contributed by atoms with Gasteiger partial charge in [-0.15, -0.1) is 0 Å². The summed E-state index contributed by atoms with van der Waals surface area (Å²) < 4.78 is 5.83. The third-order valence-corrected chi connectivity index (χ3v) is 4.20. The fourth-order valence-electron chi connectivity index (χ4n) is 2.21. The van der Waals surface area contributed by atoms with Gasteiger partial charge < -0.3 is 10.1 Å². The van der Waals surface area contributed by atoms with Crippen molar-refractivity contribution in [3.8, 4) is 5.75 Å². The van der Waals surface area contributed by atoms with Crippen LogP contribution >= 0.6 is 11.6 Å². The number of nitrogens with one attached hydrogen (secondary N) is 1. The number of aryl methyl sites for hydroxylation is 2. The van der Waals surface area contributed by atoms with Crippen molar-refractivity contribution < 1.29 is 9.53 Å². The Bertz CT molecular complexity index is 685. The van der Waals surface area contributed by atoms with Crippen molar-refractivity contribution >= 4 is 17.5 Å². The summed E-state index contributed by atoms with van der Waals surface area (Å²) in [6.45, 7) is 6.40. The summed E-state index contributed by atoms with van der Waals surface area (Å²) >= 11 is 6.10. The SMILES string of the molecule is CC[C@H](Oc1ccc(C)c(C)c1)C(=O)NCc1ccccc1Cl. The van der Waals surface area contributed by atoms with Crippen molar-refractivity contribution in [2.45, 2.75) is 39.8 Å². The summed E-state index contributed by atoms with van der Waals surface area (Å²) in [6, 6.07) is 13.3. The highest BCUT2D eigenvalue weighted by molar-refractivity contribution is 6.31. The molecular formula is C19H22ClNO2. The van der Waals surface area contributed by atoms with E-state index in [4.69, 9.17) is 16.3 Å². The molecule has 0 aliphatic heterocycles. The molecule has 0 radical (unpaired) electrons. The number of benzene rings is 2. The van der Waals surface area contributed by atoms with Crippen LogP contribution in [-0.2, 0) is 11.3 Å². The van der Waals surface area contributed by atoms with E-state index < -0.39 is 6.10 Å². The average molecular weight is 332 g/mol. The van der Waals surface area contributed by atoms with E-state index in [-0.39, 0.29) is 5.91 Å². The second kappa shape index (κ2) is 8.02. The first kappa shape index (κ1) is 17.4. The second-order valence-electron chi connectivity index (χ2n) is 5.57. The Morgan fingerprint density at radius 3 is 2.57 bits per heavy atom. The lowest BCUT2D eigenvalue weighted by atomic mass is 10.1. The molecule has 2 aromatic carbocycles. The molecule has 2 aromatic rings. The van der Waals surface area contributed by atoms with Gasteiger partial charge in [0.25, 0.3) is 5.91 Å². The number of rotatable bonds is 6. The molecule has 0 saturated carbocycles. The summed E-state index contributed by atoms with van der Waals surface area (Å²) in [5.41, 5.74) is 3.24. The lowest BCUT2D eigenvalue weighted by molar-refractivity contribution is -0.128. The van der Waals surface area contributed by atoms with Crippen LogP contribution in [0.5, 0.6) is 5.75 Å². The van der Waals surface area contributed by atoms with Crippen LogP contribution in [0.15, 0.2) is 42.5 Å². The molecule has 0 aliphatic carbocycles. The maximum absolute atomic E-state index is 12.3. The zero-order valence-electron chi connectivity index (χ0n) is 13.7. The molecular weight excluding hydrogens is 310 g/mol. The molecule has 0 heterocycles. The lowest BCUT2D eigenvalue weighted by Crippen LogP contribution is -2.37. The van der Waals surface area contributed by atoms with Gasteiger partial charge in [0.2, 0.25) is 0 Å². The average Bonchev–Trinajstić information content (AvgIpc) is 2.54. The first-order valence-corrected chi connectivity index (χ1v) is 8.14. The summed E-state index contributed by atoms with van der Waals surface area (Å²) in [4.78, 5) is 12.3. The van der Waals surface area contributed by atoms with Gasteiger partial charge in [0.1, 0.15) is 5.75 Å². The fraction of sp³-hybridized carbons (Fsp3) is 0.316. The highest BCUT2D eigenvalue weighted by atomic mass is 35.5. The minimum absolute atomic E-state index is 0.134. The van der Waals surface area contributed by atoms with E-state index in [0.717, 1.165) is 11.1 Å². The van der Waals surface area contributed by atoms with Gasteiger partial charge in [-0.3, -0.25) is 4.79 Å². The van der Waals surface area contributed by atoms with Gasteiger partial charge in [-0.1, -0.05) is 42.8 Å². The highest BCUT2D eigenvalue weighted by Gasteiger charge is 2.18. The Balaban J connectivity index is 1.98. The largest absolute Gasteiger partial charge is 0.481 e. The van der Waals surface area contributed by atoms with Gasteiger partial charge in [-0.2, -0.15) is 0 Å². The van der Waals surface area contributed by atoms with Gasteiger partial charge in [0.05, 0.1) is 0 Å². The topological polar surface area (TPSA) is 38.3 Å². The number of ether oxygens (including phenoxy) is 1. The van der Waals surface area contributed by atoms with Crippen molar-refractivity contribution in [3.63, 3.8) is 0 Å². The molecule has 1 N–H and O–H groups in total. The molecule has 0 bridgehead atoms. The summed E-state index contributed by atoms with van der Waals surface area (Å²) in [7, 11) is 0. The molecule has 3 nitrogen and oxygen atoms in total. The number of amides is 1. The van der Waals surface area contributed by atoms with E-state index in [9.17, 15) is 4.79 Å². The van der Waals surface area contributed by atoms with Crippen molar-refractivity contribution in [1.82, 2.24) is 5.32 Å². The number of carbonyl (C=O) groups excluding carboxylic acids is 1. The molecule has 122 valence electrons. The van der Waals surface area contributed by atoms with Crippen molar-refractivity contribution in [2.24, 2.45) is 0 Å². The molecule has 1 amide bonds. The fourth-order valence-corrected chi connectivity index (χ4v) is 2.41. The molecule has 0 unspecified atom stereocenters. The van der Waals surface area contributed by atoms with Crippen LogP contribution in [0.2, 0.25) is 5.02 Å². The Morgan fingerprint density at radius 2 is 1.91 bits per heavy atom. The molecule has 0 saturated heterocycles. The molecule has 2 rings (SSSR count). The zero-order chi connectivity index (χ0) is 16.8. The lowest BCUT2D eigenvalue weighted by Gasteiger charge is -2.18. The number of hydrogen-bond acceptors (Lipinski definition) is 2. The van der Waals surface area contributed by atoms with E-state index in [1.54, 1.807) is 0 Å². The third kappa shape index (κ3) is 4.73. The summed E-state index contributed by atoms with van der Waals surface area (Å²) in [6.07, 6.45) is 0.0842. The molecule has 4 heteroatoms. The van der Waals surface area contributed by atoms with Crippen LogP contribution in [0.1, 0.15) is 30.0 Å². The molecule has 0 aliphatic rings. The van der Waals surface area contributed by atoms with Crippen LogP contribution in [-0.4, -0.2) is 12.0 Å². The maximum Gasteiger partial charge on any atom is 0.261 e. The van der Waals surface area contributed by atoms with Crippen molar-refractivity contribution in [2.75, 3.05) is 0 Å². The minimum Gasteiger partial charge on any atom is -0.481 e. The predicted molar refractivity (Wildman–Crippen MR) is 93.9 cm³/mol. The van der Waals surface area contributed by atoms with E-state index in [2.05, 4.69) is 5.32 Å². The Hall–Kier alpha value is -2.00. The van der Waals surface area contributed by atoms with E-state index in [1.165, 1.54) is 5.56 Å². The first-order chi connectivity index (χ1) is 11.0. The Morgan fingerprint density at radius 1 is 1.17 bits per heavy atom. The quantitative estimate of drug-likeness (QED) is 0.850. The minimum atomic E-state index is -0.514. The van der Waals surface area contributed by atoms with Crippen LogP contribution in [0.25, 0.3) is 0 Å². The molecule has 0 fully saturated rings. The molecule has 23 heavy (non-hydrogen) atoms. The first-order valence-electron chi connectivity index (χ1n) is 7.76. The standard InChI is InChI=1S/C19H22ClNO2/c1-4-18(23-16-10-9-13(2)14(3)11-16)19(22)21-12-15-7-5-6-8-17(15)20/h5-11,18H,4,12H2,1-3H3,(H,21,22)/t18-/m0/s1. The summed E-state index contributed by atoms with van der Waals surface area (Å²) in [5.74, 6) is 0.582. The van der Waals surface area contributed by atoms with Gasteiger partial charge in [-0.05, 0) is 55.2 Å². The monoisotopic (exact) mass is 331 g/mol. The van der Waals surface area contributed by atoms with Gasteiger partial charge in [-0.25, -0.2) is 0 Å². The number of carbonyl (C=O) groups is 1.